The summed E-state index contributed by atoms with van der Waals surface area (Å²) < 4.78 is 52.2. The Balaban J connectivity index is 0.00000156. The molecule has 0 aliphatic carbocycles. The summed E-state index contributed by atoms with van der Waals surface area (Å²) in [5.41, 5.74) is -1.48. The van der Waals surface area contributed by atoms with Crippen LogP contribution in [0.4, 0.5) is 17.6 Å². The van der Waals surface area contributed by atoms with E-state index < -0.39 is 23.2 Å². The summed E-state index contributed by atoms with van der Waals surface area (Å²) in [5.74, 6) is -0.598. The fourth-order valence-corrected chi connectivity index (χ4v) is 3.55. The molecule has 3 nitrogen and oxygen atoms in total. The minimum atomic E-state index is -4.47. The number of hydrogen-bond acceptors (Lipinski definition) is 3. The number of nitrogens with zero attached hydrogens (tertiary/aromatic N) is 1. The Morgan fingerprint density at radius 3 is 2.64 bits per heavy atom. The summed E-state index contributed by atoms with van der Waals surface area (Å²) in [5, 5.41) is 13.8. The molecule has 2 aliphatic rings. The first-order chi connectivity index (χ1) is 10.8. The van der Waals surface area contributed by atoms with Gasteiger partial charge in [0.05, 0.1) is 11.2 Å². The molecule has 9 heteroatoms. The number of piperidine rings is 2. The van der Waals surface area contributed by atoms with Crippen molar-refractivity contribution in [3.8, 4) is 0 Å². The lowest BCUT2D eigenvalue weighted by Crippen LogP contribution is -2.58. The number of alkyl halides is 3. The van der Waals surface area contributed by atoms with Crippen LogP contribution < -0.4 is 5.32 Å². The molecule has 2 atom stereocenters. The van der Waals surface area contributed by atoms with Gasteiger partial charge in [-0.2, -0.15) is 13.2 Å². The third kappa shape index (κ3) is 4.98. The number of aliphatic hydroxyl groups is 1. The predicted molar refractivity (Wildman–Crippen MR) is 91.7 cm³/mol. The molecule has 2 fully saturated rings. The highest BCUT2D eigenvalue weighted by molar-refractivity contribution is 5.85. The molecule has 144 valence electrons. The summed E-state index contributed by atoms with van der Waals surface area (Å²) in [6, 6.07) is 2.52. The standard InChI is InChI=1S/C16H20F4N2O.2ClH/c17-14-2-1-12(16(18,19)20)7-11(14)9-22-6-4-15(23)3-5-21-8-13(15)10-22;;/h1-2,7,13,21,23H,3-6,8-10H2;2*1H/t13-,15-;;/m0../s1. The Labute approximate surface area is 156 Å². The maximum atomic E-state index is 13.9. The predicted octanol–water partition coefficient (Wildman–Crippen LogP) is 3.23. The summed E-state index contributed by atoms with van der Waals surface area (Å²) in [6.07, 6.45) is -3.22. The van der Waals surface area contributed by atoms with Gasteiger partial charge < -0.3 is 10.4 Å². The van der Waals surface area contributed by atoms with Gasteiger partial charge in [0.15, 0.2) is 0 Å². The number of benzene rings is 1. The molecule has 1 aromatic rings. The molecule has 0 radical (unpaired) electrons. The van der Waals surface area contributed by atoms with Crippen molar-refractivity contribution in [3.63, 3.8) is 0 Å². The Kier molecular flexibility index (Phi) is 7.53. The molecule has 2 N–H and O–H groups in total. The number of hydrogen-bond donors (Lipinski definition) is 2. The van der Waals surface area contributed by atoms with Crippen molar-refractivity contribution in [1.82, 2.24) is 10.2 Å². The summed E-state index contributed by atoms with van der Waals surface area (Å²) >= 11 is 0. The van der Waals surface area contributed by atoms with Crippen molar-refractivity contribution in [2.24, 2.45) is 5.92 Å². The van der Waals surface area contributed by atoms with Gasteiger partial charge in [0.25, 0.3) is 0 Å². The van der Waals surface area contributed by atoms with Crippen molar-refractivity contribution in [2.45, 2.75) is 31.2 Å². The summed E-state index contributed by atoms with van der Waals surface area (Å²) in [7, 11) is 0. The SMILES string of the molecule is Cl.Cl.O[C@]12CCNC[C@H]1CN(Cc1cc(C(F)(F)F)ccc1F)CC2. The molecule has 1 aromatic carbocycles. The van der Waals surface area contributed by atoms with Gasteiger partial charge in [0.1, 0.15) is 5.82 Å². The van der Waals surface area contributed by atoms with Crippen molar-refractivity contribution < 1.29 is 22.7 Å². The monoisotopic (exact) mass is 404 g/mol. The molecule has 0 aromatic heterocycles. The van der Waals surface area contributed by atoms with Crippen molar-refractivity contribution in [3.05, 3.63) is 35.1 Å². The number of halogens is 6. The van der Waals surface area contributed by atoms with E-state index in [1.165, 1.54) is 0 Å². The van der Waals surface area contributed by atoms with Crippen LogP contribution in [0.15, 0.2) is 18.2 Å². The average Bonchev–Trinajstić information content (AvgIpc) is 2.48. The third-order valence-electron chi connectivity index (χ3n) is 4.99. The van der Waals surface area contributed by atoms with Crippen LogP contribution in [0.1, 0.15) is 24.0 Å². The second kappa shape index (κ2) is 8.39. The molecule has 0 spiro atoms. The third-order valence-corrected chi connectivity index (χ3v) is 4.99. The minimum absolute atomic E-state index is 0. The van der Waals surface area contributed by atoms with E-state index in [-0.39, 0.29) is 42.8 Å². The quantitative estimate of drug-likeness (QED) is 0.742. The normalized spacial score (nSPS) is 27.0. The lowest BCUT2D eigenvalue weighted by Gasteiger charge is -2.47. The van der Waals surface area contributed by atoms with Gasteiger partial charge in [-0.05, 0) is 37.6 Å². The van der Waals surface area contributed by atoms with Crippen molar-refractivity contribution >= 4 is 24.8 Å². The molecule has 2 saturated heterocycles. The second-order valence-electron chi connectivity index (χ2n) is 6.54. The average molecular weight is 405 g/mol. The topological polar surface area (TPSA) is 35.5 Å². The van der Waals surface area contributed by atoms with Gasteiger partial charge in [0, 0.05) is 37.7 Å². The van der Waals surface area contributed by atoms with E-state index in [2.05, 4.69) is 5.32 Å². The number of rotatable bonds is 2. The zero-order valence-corrected chi connectivity index (χ0v) is 15.1. The molecule has 2 heterocycles. The van der Waals surface area contributed by atoms with Gasteiger partial charge in [-0.25, -0.2) is 4.39 Å². The zero-order valence-electron chi connectivity index (χ0n) is 13.5. The van der Waals surface area contributed by atoms with Crippen LogP contribution in [0.25, 0.3) is 0 Å². The first kappa shape index (κ1) is 22.4. The first-order valence-corrected chi connectivity index (χ1v) is 7.79. The Morgan fingerprint density at radius 2 is 1.96 bits per heavy atom. The fraction of sp³-hybridized carbons (Fsp3) is 0.625. The number of nitrogens with one attached hydrogen (secondary N) is 1. The summed E-state index contributed by atoms with van der Waals surface area (Å²) in [6.45, 7) is 2.69. The van der Waals surface area contributed by atoms with Gasteiger partial charge in [-0.1, -0.05) is 0 Å². The van der Waals surface area contributed by atoms with Gasteiger partial charge in [0.2, 0.25) is 0 Å². The Hall–Kier alpha value is -0.600. The number of likely N-dealkylation sites (tertiary alicyclic amines) is 1. The molecular formula is C16H22Cl2F4N2O. The van der Waals surface area contributed by atoms with Crippen LogP contribution in [0, 0.1) is 11.7 Å². The van der Waals surface area contributed by atoms with Gasteiger partial charge in [-0.15, -0.1) is 24.8 Å². The smallest absolute Gasteiger partial charge is 0.389 e. The Morgan fingerprint density at radius 1 is 1.24 bits per heavy atom. The van der Waals surface area contributed by atoms with E-state index in [9.17, 15) is 22.7 Å². The van der Waals surface area contributed by atoms with Gasteiger partial charge >= 0.3 is 6.18 Å². The molecule has 0 unspecified atom stereocenters. The maximum absolute atomic E-state index is 13.9. The number of fused-ring (bicyclic) bond motifs is 1. The van der Waals surface area contributed by atoms with E-state index in [0.29, 0.717) is 32.5 Å². The Bertz CT molecular complexity index is 588. The van der Waals surface area contributed by atoms with Gasteiger partial charge in [-0.3, -0.25) is 4.90 Å². The zero-order chi connectivity index (χ0) is 16.7. The van der Waals surface area contributed by atoms with Crippen molar-refractivity contribution in [1.29, 1.82) is 0 Å². The van der Waals surface area contributed by atoms with Crippen LogP contribution in [-0.4, -0.2) is 41.8 Å². The van der Waals surface area contributed by atoms with E-state index in [0.717, 1.165) is 24.7 Å². The molecule has 0 amide bonds. The van der Waals surface area contributed by atoms with E-state index in [4.69, 9.17) is 0 Å². The lowest BCUT2D eigenvalue weighted by molar-refractivity contribution is -0.137. The highest BCUT2D eigenvalue weighted by Gasteiger charge is 2.42. The lowest BCUT2D eigenvalue weighted by atomic mass is 9.76. The highest BCUT2D eigenvalue weighted by atomic mass is 35.5. The molecule has 0 saturated carbocycles. The summed E-state index contributed by atoms with van der Waals surface area (Å²) in [4.78, 5) is 1.92. The van der Waals surface area contributed by atoms with Crippen molar-refractivity contribution in [2.75, 3.05) is 26.2 Å². The molecule has 2 aliphatic heterocycles. The molecule has 3 rings (SSSR count). The van der Waals surface area contributed by atoms with Crippen LogP contribution in [0.3, 0.4) is 0 Å². The molecule has 25 heavy (non-hydrogen) atoms. The fourth-order valence-electron chi connectivity index (χ4n) is 3.55. The first-order valence-electron chi connectivity index (χ1n) is 7.79. The van der Waals surface area contributed by atoms with E-state index in [1.807, 2.05) is 4.90 Å². The van der Waals surface area contributed by atoms with E-state index in [1.54, 1.807) is 0 Å². The van der Waals surface area contributed by atoms with Crippen LogP contribution in [0.2, 0.25) is 0 Å². The van der Waals surface area contributed by atoms with Crippen LogP contribution in [0.5, 0.6) is 0 Å². The minimum Gasteiger partial charge on any atom is -0.389 e. The van der Waals surface area contributed by atoms with Crippen LogP contribution in [-0.2, 0) is 12.7 Å². The van der Waals surface area contributed by atoms with Crippen LogP contribution >= 0.6 is 24.8 Å². The largest absolute Gasteiger partial charge is 0.416 e. The second-order valence-corrected chi connectivity index (χ2v) is 6.54. The highest BCUT2D eigenvalue weighted by Crippen LogP contribution is 2.34. The maximum Gasteiger partial charge on any atom is 0.416 e. The molecule has 0 bridgehead atoms. The van der Waals surface area contributed by atoms with E-state index >= 15 is 0 Å². The molecular weight excluding hydrogens is 383 g/mol.